The molecule has 3 N–H and O–H groups in total. The Bertz CT molecular complexity index is 222. The summed E-state index contributed by atoms with van der Waals surface area (Å²) < 4.78 is 0. The van der Waals surface area contributed by atoms with Crippen LogP contribution in [0.15, 0.2) is 0 Å². The molecule has 0 saturated heterocycles. The molecule has 0 bridgehead atoms. The molecule has 0 aromatic carbocycles. The third kappa shape index (κ3) is 4.47. The first-order chi connectivity index (χ1) is 7.31. The van der Waals surface area contributed by atoms with Crippen LogP contribution in [0, 0.1) is 11.8 Å². The minimum absolute atomic E-state index is 0.0607. The van der Waals surface area contributed by atoms with Gasteiger partial charge in [-0.2, -0.15) is 0 Å². The lowest BCUT2D eigenvalue weighted by molar-refractivity contribution is -0.128. The molecule has 0 aliphatic rings. The zero-order valence-electron chi connectivity index (χ0n) is 10.4. The Balaban J connectivity index is 4.27. The van der Waals surface area contributed by atoms with Crippen molar-refractivity contribution in [2.75, 3.05) is 20.2 Å². The second-order valence-electron chi connectivity index (χ2n) is 4.48. The average molecular weight is 233 g/mol. The minimum atomic E-state index is -0.930. The van der Waals surface area contributed by atoms with Gasteiger partial charge in [0.2, 0.25) is 5.91 Å². The molecule has 0 fully saturated rings. The van der Waals surface area contributed by atoms with E-state index in [1.54, 1.807) is 14.0 Å². The van der Waals surface area contributed by atoms with Gasteiger partial charge in [0.05, 0.1) is 18.8 Å². The average Bonchev–Trinajstić information content (AvgIpc) is 2.25. The predicted molar refractivity (Wildman–Crippen MR) is 60.7 cm³/mol. The smallest absolute Gasteiger partial charge is 0.219 e. The first-order valence-corrected chi connectivity index (χ1v) is 5.49. The highest BCUT2D eigenvalue weighted by atomic mass is 16.3. The van der Waals surface area contributed by atoms with Crippen molar-refractivity contribution in [2.24, 2.45) is 11.8 Å². The van der Waals surface area contributed by atoms with Crippen molar-refractivity contribution >= 4 is 5.91 Å². The van der Waals surface area contributed by atoms with Gasteiger partial charge in [0.1, 0.15) is 0 Å². The van der Waals surface area contributed by atoms with E-state index in [1.807, 2.05) is 6.92 Å². The SMILES string of the molecule is CC(=O)N(C)CC(C)C(O)C(C)C(O)CO. The standard InChI is InChI=1S/C11H23NO4/c1-7(5-12(4)9(3)14)11(16)8(2)10(15)6-13/h7-8,10-11,13,15-16H,5-6H2,1-4H3. The van der Waals surface area contributed by atoms with Crippen LogP contribution in [0.4, 0.5) is 0 Å². The van der Waals surface area contributed by atoms with Crippen molar-refractivity contribution in [3.8, 4) is 0 Å². The molecule has 0 saturated carbocycles. The van der Waals surface area contributed by atoms with Gasteiger partial charge in [-0.05, 0) is 5.92 Å². The monoisotopic (exact) mass is 233 g/mol. The molecule has 5 heteroatoms. The molecule has 0 aromatic heterocycles. The summed E-state index contributed by atoms with van der Waals surface area (Å²) in [4.78, 5) is 12.5. The van der Waals surface area contributed by atoms with Crippen LogP contribution in [0.1, 0.15) is 20.8 Å². The molecule has 0 radical (unpaired) electrons. The maximum Gasteiger partial charge on any atom is 0.219 e. The van der Waals surface area contributed by atoms with Crippen LogP contribution in [0.5, 0.6) is 0 Å². The van der Waals surface area contributed by atoms with E-state index in [-0.39, 0.29) is 18.4 Å². The molecule has 0 aromatic rings. The second kappa shape index (κ2) is 6.83. The van der Waals surface area contributed by atoms with Gasteiger partial charge in [0.15, 0.2) is 0 Å². The maximum absolute atomic E-state index is 11.0. The van der Waals surface area contributed by atoms with Gasteiger partial charge in [-0.15, -0.1) is 0 Å². The van der Waals surface area contributed by atoms with E-state index in [1.165, 1.54) is 11.8 Å². The molecular weight excluding hydrogens is 210 g/mol. The van der Waals surface area contributed by atoms with Crippen LogP contribution in [0.3, 0.4) is 0 Å². The number of amides is 1. The fourth-order valence-electron chi connectivity index (χ4n) is 1.58. The molecule has 0 aliphatic carbocycles. The van der Waals surface area contributed by atoms with E-state index in [9.17, 15) is 15.0 Å². The van der Waals surface area contributed by atoms with Crippen molar-refractivity contribution in [1.82, 2.24) is 4.90 Å². The number of hydrogen-bond donors (Lipinski definition) is 3. The van der Waals surface area contributed by atoms with Crippen LogP contribution in [0.2, 0.25) is 0 Å². The highest BCUT2D eigenvalue weighted by molar-refractivity contribution is 5.72. The molecule has 4 atom stereocenters. The molecule has 96 valence electrons. The fourth-order valence-corrected chi connectivity index (χ4v) is 1.58. The molecule has 0 aliphatic heterocycles. The molecule has 0 rings (SSSR count). The number of carbonyl (C=O) groups is 1. The molecular formula is C11H23NO4. The molecule has 4 unspecified atom stereocenters. The zero-order valence-corrected chi connectivity index (χ0v) is 10.4. The van der Waals surface area contributed by atoms with Crippen LogP contribution in [0.25, 0.3) is 0 Å². The van der Waals surface area contributed by atoms with Gasteiger partial charge in [-0.1, -0.05) is 13.8 Å². The van der Waals surface area contributed by atoms with E-state index < -0.39 is 18.1 Å². The summed E-state index contributed by atoms with van der Waals surface area (Å²) in [6.45, 7) is 5.01. The van der Waals surface area contributed by atoms with Crippen LogP contribution >= 0.6 is 0 Å². The normalized spacial score (nSPS) is 18.7. The lowest BCUT2D eigenvalue weighted by Gasteiger charge is -2.30. The van der Waals surface area contributed by atoms with Crippen molar-refractivity contribution in [2.45, 2.75) is 33.0 Å². The fraction of sp³-hybridized carbons (Fsp3) is 0.909. The van der Waals surface area contributed by atoms with E-state index in [0.717, 1.165) is 0 Å². The highest BCUT2D eigenvalue weighted by Crippen LogP contribution is 2.17. The zero-order chi connectivity index (χ0) is 12.9. The number of hydrogen-bond acceptors (Lipinski definition) is 4. The van der Waals surface area contributed by atoms with E-state index in [0.29, 0.717) is 6.54 Å². The quantitative estimate of drug-likeness (QED) is 0.575. The van der Waals surface area contributed by atoms with Crippen molar-refractivity contribution in [3.63, 3.8) is 0 Å². The third-order valence-corrected chi connectivity index (χ3v) is 3.02. The maximum atomic E-state index is 11.0. The number of nitrogens with zero attached hydrogens (tertiary/aromatic N) is 1. The first-order valence-electron chi connectivity index (χ1n) is 5.49. The van der Waals surface area contributed by atoms with Crippen molar-refractivity contribution in [3.05, 3.63) is 0 Å². The molecule has 5 nitrogen and oxygen atoms in total. The van der Waals surface area contributed by atoms with Crippen LogP contribution < -0.4 is 0 Å². The Hall–Kier alpha value is -0.650. The highest BCUT2D eigenvalue weighted by Gasteiger charge is 2.27. The summed E-state index contributed by atoms with van der Waals surface area (Å²) in [6.07, 6.45) is -1.68. The van der Waals surface area contributed by atoms with E-state index >= 15 is 0 Å². The van der Waals surface area contributed by atoms with Crippen molar-refractivity contribution in [1.29, 1.82) is 0 Å². The largest absolute Gasteiger partial charge is 0.394 e. The Morgan fingerprint density at radius 1 is 1.31 bits per heavy atom. The minimum Gasteiger partial charge on any atom is -0.394 e. The summed E-state index contributed by atoms with van der Waals surface area (Å²) in [6, 6.07) is 0. The lowest BCUT2D eigenvalue weighted by Crippen LogP contribution is -2.41. The number of rotatable bonds is 6. The lowest BCUT2D eigenvalue weighted by atomic mass is 9.89. The number of aliphatic hydroxyl groups excluding tert-OH is 3. The first kappa shape index (κ1) is 15.3. The van der Waals surface area contributed by atoms with E-state index in [4.69, 9.17) is 5.11 Å². The van der Waals surface area contributed by atoms with Gasteiger partial charge >= 0.3 is 0 Å². The van der Waals surface area contributed by atoms with Gasteiger partial charge < -0.3 is 20.2 Å². The third-order valence-electron chi connectivity index (χ3n) is 3.02. The Kier molecular flexibility index (Phi) is 6.55. The van der Waals surface area contributed by atoms with Crippen molar-refractivity contribution < 1.29 is 20.1 Å². The van der Waals surface area contributed by atoms with Gasteiger partial charge in [-0.3, -0.25) is 4.79 Å². The Labute approximate surface area is 96.7 Å². The summed E-state index contributed by atoms with van der Waals surface area (Å²) in [5, 5.41) is 28.1. The molecule has 0 heterocycles. The summed E-state index contributed by atoms with van der Waals surface area (Å²) in [5.74, 6) is -0.625. The number of aliphatic hydroxyl groups is 3. The van der Waals surface area contributed by atoms with Gasteiger partial charge in [0, 0.05) is 26.4 Å². The Morgan fingerprint density at radius 2 is 1.81 bits per heavy atom. The molecule has 16 heavy (non-hydrogen) atoms. The van der Waals surface area contributed by atoms with Gasteiger partial charge in [-0.25, -0.2) is 0 Å². The van der Waals surface area contributed by atoms with Gasteiger partial charge in [0.25, 0.3) is 0 Å². The topological polar surface area (TPSA) is 81.0 Å². The summed E-state index contributed by atoms with van der Waals surface area (Å²) in [7, 11) is 1.67. The summed E-state index contributed by atoms with van der Waals surface area (Å²) in [5.41, 5.74) is 0. The number of carbonyl (C=O) groups excluding carboxylic acids is 1. The predicted octanol–water partition coefficient (Wildman–Crippen LogP) is -0.549. The second-order valence-corrected chi connectivity index (χ2v) is 4.48. The van der Waals surface area contributed by atoms with Crippen LogP contribution in [-0.4, -0.2) is 58.5 Å². The van der Waals surface area contributed by atoms with E-state index in [2.05, 4.69) is 0 Å². The molecule has 0 spiro atoms. The molecule has 1 amide bonds. The summed E-state index contributed by atoms with van der Waals surface area (Å²) >= 11 is 0. The van der Waals surface area contributed by atoms with Crippen LogP contribution in [-0.2, 0) is 4.79 Å². The Morgan fingerprint density at radius 3 is 2.19 bits per heavy atom.